The van der Waals surface area contributed by atoms with Crippen molar-refractivity contribution < 1.29 is 9.63 Å². The first-order chi connectivity index (χ1) is 3.81. The fourth-order valence-electron chi connectivity index (χ4n) is 0.175. The molecule has 0 aliphatic carbocycles. The van der Waals surface area contributed by atoms with E-state index in [2.05, 4.69) is 26.2 Å². The van der Waals surface area contributed by atoms with E-state index in [9.17, 15) is 4.79 Å². The maximum absolute atomic E-state index is 9.53. The topological polar surface area (TPSA) is 38.3 Å². The molecule has 0 amide bonds. The zero-order valence-electron chi connectivity index (χ0n) is 4.56. The number of hydrogen-bond acceptors (Lipinski definition) is 3. The van der Waals surface area contributed by atoms with Gasteiger partial charge in [-0.15, -0.1) is 5.48 Å². The summed E-state index contributed by atoms with van der Waals surface area (Å²) in [5.74, 6) is 0. The lowest BCUT2D eigenvalue weighted by atomic mass is 10.4. The van der Waals surface area contributed by atoms with Gasteiger partial charge in [0.1, 0.15) is 0 Å². The molecular formula is C4H8BrNO2. The molecule has 48 valence electrons. The third-order valence-corrected chi connectivity index (χ3v) is 1.52. The SMILES string of the molecule is CC(CBr)NOC=O. The molecule has 0 aromatic heterocycles. The molecule has 3 nitrogen and oxygen atoms in total. The van der Waals surface area contributed by atoms with Crippen LogP contribution in [0.3, 0.4) is 0 Å². The van der Waals surface area contributed by atoms with E-state index >= 15 is 0 Å². The van der Waals surface area contributed by atoms with Gasteiger partial charge in [0.25, 0.3) is 0 Å². The highest BCUT2D eigenvalue weighted by Gasteiger charge is 1.94. The molecule has 0 aliphatic heterocycles. The molecule has 0 aromatic rings. The Kier molecular flexibility index (Phi) is 5.00. The molecule has 0 heterocycles. The Bertz CT molecular complexity index is 69.1. The number of nitrogens with one attached hydrogen (secondary N) is 1. The smallest absolute Gasteiger partial charge is 0.312 e. The van der Waals surface area contributed by atoms with Gasteiger partial charge in [-0.05, 0) is 6.92 Å². The molecule has 0 saturated heterocycles. The predicted octanol–water partition coefficient (Wildman–Crippen LogP) is 0.447. The van der Waals surface area contributed by atoms with Crippen LogP contribution >= 0.6 is 15.9 Å². The van der Waals surface area contributed by atoms with Crippen molar-refractivity contribution in [3.63, 3.8) is 0 Å². The van der Waals surface area contributed by atoms with Crippen molar-refractivity contribution >= 4 is 22.4 Å². The number of carbonyl (C=O) groups excluding carboxylic acids is 1. The molecule has 1 N–H and O–H groups in total. The Morgan fingerprint density at radius 1 is 2.00 bits per heavy atom. The molecule has 0 rings (SSSR count). The van der Waals surface area contributed by atoms with E-state index in [1.54, 1.807) is 0 Å². The standard InChI is InChI=1S/C4H8BrNO2/c1-4(2-5)6-8-3-7/h3-4,6H,2H2,1H3. The summed E-state index contributed by atoms with van der Waals surface area (Å²) in [6.45, 7) is 2.25. The van der Waals surface area contributed by atoms with Crippen LogP contribution < -0.4 is 5.48 Å². The fraction of sp³-hybridized carbons (Fsp3) is 0.750. The first-order valence-corrected chi connectivity index (χ1v) is 3.34. The summed E-state index contributed by atoms with van der Waals surface area (Å²) in [5.41, 5.74) is 2.47. The van der Waals surface area contributed by atoms with Crippen LogP contribution in [0.1, 0.15) is 6.92 Å². The predicted molar refractivity (Wildman–Crippen MR) is 33.5 cm³/mol. The summed E-state index contributed by atoms with van der Waals surface area (Å²) in [4.78, 5) is 13.8. The molecule has 0 spiro atoms. The molecule has 0 bridgehead atoms. The molecule has 0 aliphatic rings. The van der Waals surface area contributed by atoms with Crippen molar-refractivity contribution in [2.24, 2.45) is 0 Å². The van der Waals surface area contributed by atoms with E-state index in [1.807, 2.05) is 6.92 Å². The second-order valence-electron chi connectivity index (χ2n) is 1.39. The summed E-state index contributed by atoms with van der Waals surface area (Å²) in [5, 5.41) is 0.765. The molecule has 4 heteroatoms. The second kappa shape index (κ2) is 5.05. The van der Waals surface area contributed by atoms with Crippen LogP contribution in [0.15, 0.2) is 0 Å². The number of rotatable bonds is 4. The monoisotopic (exact) mass is 181 g/mol. The third kappa shape index (κ3) is 4.08. The average Bonchev–Trinajstić information content (AvgIpc) is 1.83. The van der Waals surface area contributed by atoms with Gasteiger partial charge in [-0.3, -0.25) is 4.79 Å². The first kappa shape index (κ1) is 7.91. The minimum Gasteiger partial charge on any atom is -0.373 e. The van der Waals surface area contributed by atoms with Crippen LogP contribution in [-0.2, 0) is 9.63 Å². The maximum Gasteiger partial charge on any atom is 0.312 e. The van der Waals surface area contributed by atoms with Crippen molar-refractivity contribution in [1.82, 2.24) is 5.48 Å². The molecule has 0 radical (unpaired) electrons. The summed E-state index contributed by atoms with van der Waals surface area (Å²) >= 11 is 3.19. The van der Waals surface area contributed by atoms with Gasteiger partial charge in [0.05, 0.1) is 0 Å². The largest absolute Gasteiger partial charge is 0.373 e. The van der Waals surface area contributed by atoms with Crippen molar-refractivity contribution in [3.8, 4) is 0 Å². The molecule has 1 atom stereocenters. The lowest BCUT2D eigenvalue weighted by Gasteiger charge is -2.04. The third-order valence-electron chi connectivity index (χ3n) is 0.549. The van der Waals surface area contributed by atoms with Gasteiger partial charge in [-0.1, -0.05) is 15.9 Å². The Morgan fingerprint density at radius 3 is 3.00 bits per heavy atom. The highest BCUT2D eigenvalue weighted by atomic mass is 79.9. The second-order valence-corrected chi connectivity index (χ2v) is 2.03. The average molecular weight is 182 g/mol. The normalized spacial score (nSPS) is 12.8. The molecule has 1 unspecified atom stereocenters. The summed E-state index contributed by atoms with van der Waals surface area (Å²) in [7, 11) is 0. The molecule has 0 aromatic carbocycles. The molecule has 0 fully saturated rings. The van der Waals surface area contributed by atoms with E-state index in [0.29, 0.717) is 6.47 Å². The van der Waals surface area contributed by atoms with Gasteiger partial charge in [-0.2, -0.15) is 0 Å². The number of alkyl halides is 1. The van der Waals surface area contributed by atoms with Gasteiger partial charge < -0.3 is 4.84 Å². The minimum atomic E-state index is 0.167. The van der Waals surface area contributed by atoms with E-state index in [0.717, 1.165) is 5.33 Å². The number of carbonyl (C=O) groups is 1. The van der Waals surface area contributed by atoms with Crippen LogP contribution in [0.25, 0.3) is 0 Å². The van der Waals surface area contributed by atoms with E-state index in [4.69, 9.17) is 0 Å². The van der Waals surface area contributed by atoms with Gasteiger partial charge >= 0.3 is 6.47 Å². The van der Waals surface area contributed by atoms with E-state index in [-0.39, 0.29) is 6.04 Å². The Morgan fingerprint density at radius 2 is 2.62 bits per heavy atom. The Labute approximate surface area is 56.5 Å². The van der Waals surface area contributed by atoms with E-state index in [1.165, 1.54) is 0 Å². The quantitative estimate of drug-likeness (QED) is 0.389. The number of halogens is 1. The van der Waals surface area contributed by atoms with E-state index < -0.39 is 0 Å². The minimum absolute atomic E-state index is 0.167. The summed E-state index contributed by atoms with van der Waals surface area (Å²) < 4.78 is 0. The lowest BCUT2D eigenvalue weighted by molar-refractivity contribution is -0.136. The van der Waals surface area contributed by atoms with Gasteiger partial charge in [0.2, 0.25) is 0 Å². The highest BCUT2D eigenvalue weighted by molar-refractivity contribution is 9.09. The Hall–Kier alpha value is -0.0900. The first-order valence-electron chi connectivity index (χ1n) is 2.22. The van der Waals surface area contributed by atoms with Crippen LogP contribution in [0, 0.1) is 0 Å². The lowest BCUT2D eigenvalue weighted by Crippen LogP contribution is -2.26. The van der Waals surface area contributed by atoms with Crippen LogP contribution in [-0.4, -0.2) is 17.8 Å². The molecule has 0 saturated carbocycles. The van der Waals surface area contributed by atoms with Gasteiger partial charge in [0, 0.05) is 11.4 Å². The summed E-state index contributed by atoms with van der Waals surface area (Å²) in [6.07, 6.45) is 0. The van der Waals surface area contributed by atoms with Crippen LogP contribution in [0.2, 0.25) is 0 Å². The number of hydroxylamine groups is 1. The highest BCUT2D eigenvalue weighted by Crippen LogP contribution is 1.86. The zero-order valence-corrected chi connectivity index (χ0v) is 6.14. The maximum atomic E-state index is 9.53. The van der Waals surface area contributed by atoms with Crippen LogP contribution in [0.5, 0.6) is 0 Å². The molecule has 8 heavy (non-hydrogen) atoms. The van der Waals surface area contributed by atoms with Crippen molar-refractivity contribution in [2.45, 2.75) is 13.0 Å². The van der Waals surface area contributed by atoms with Gasteiger partial charge in [0.15, 0.2) is 0 Å². The van der Waals surface area contributed by atoms with Crippen molar-refractivity contribution in [1.29, 1.82) is 0 Å². The summed E-state index contributed by atoms with van der Waals surface area (Å²) in [6, 6.07) is 0.167. The molecular weight excluding hydrogens is 174 g/mol. The van der Waals surface area contributed by atoms with Gasteiger partial charge in [-0.25, -0.2) is 0 Å². The fourth-order valence-corrected chi connectivity index (χ4v) is 0.308. The van der Waals surface area contributed by atoms with Crippen molar-refractivity contribution in [3.05, 3.63) is 0 Å². The number of hydrogen-bond donors (Lipinski definition) is 1. The Balaban J connectivity index is 2.97. The van der Waals surface area contributed by atoms with Crippen LogP contribution in [0.4, 0.5) is 0 Å². The van der Waals surface area contributed by atoms with Crippen molar-refractivity contribution in [2.75, 3.05) is 5.33 Å². The zero-order chi connectivity index (χ0) is 6.41.